The summed E-state index contributed by atoms with van der Waals surface area (Å²) in [7, 11) is -3.52. The van der Waals surface area contributed by atoms with Crippen LogP contribution in [0.3, 0.4) is 0 Å². The molecule has 1 aromatic heterocycles. The average Bonchev–Trinajstić information content (AvgIpc) is 3.52. The molecule has 10 heteroatoms. The van der Waals surface area contributed by atoms with E-state index < -0.39 is 10.0 Å². The maximum absolute atomic E-state index is 13.6. The Bertz CT molecular complexity index is 1250. The number of thiazole rings is 1. The van der Waals surface area contributed by atoms with E-state index in [9.17, 15) is 13.2 Å². The number of hydrogen-bond acceptors (Lipinski definition) is 6. The second-order valence-electron chi connectivity index (χ2n) is 8.23. The molecule has 0 N–H and O–H groups in total. The predicted octanol–water partition coefficient (Wildman–Crippen LogP) is 4.72. The molecule has 1 amide bonds. The Balaban J connectivity index is 1.62. The van der Waals surface area contributed by atoms with Gasteiger partial charge in [-0.3, -0.25) is 9.69 Å². The number of carbonyl (C=O) groups excluding carboxylic acids is 1. The van der Waals surface area contributed by atoms with Gasteiger partial charge >= 0.3 is 0 Å². The molecule has 1 saturated heterocycles. The summed E-state index contributed by atoms with van der Waals surface area (Å²) in [5, 5.41) is 1.22. The van der Waals surface area contributed by atoms with Crippen molar-refractivity contribution in [3.8, 4) is 0 Å². The molecule has 0 radical (unpaired) electrons. The number of amides is 1. The third kappa shape index (κ3) is 5.28. The Morgan fingerprint density at radius 1 is 1.06 bits per heavy atom. The molecule has 2 aromatic carbocycles. The predicted molar refractivity (Wildman–Crippen MR) is 139 cm³/mol. The van der Waals surface area contributed by atoms with E-state index in [1.165, 1.54) is 27.8 Å². The first-order valence-electron chi connectivity index (χ1n) is 11.5. The van der Waals surface area contributed by atoms with Crippen LogP contribution in [0, 0.1) is 0 Å². The van der Waals surface area contributed by atoms with Crippen LogP contribution in [0.1, 0.15) is 37.0 Å². The smallest absolute Gasteiger partial charge is 0.260 e. The number of benzene rings is 2. The molecule has 182 valence electrons. The maximum Gasteiger partial charge on any atom is 0.260 e. The number of anilines is 1. The fourth-order valence-corrected chi connectivity index (χ4v) is 6.85. The molecule has 1 aliphatic heterocycles. The van der Waals surface area contributed by atoms with Gasteiger partial charge in [0, 0.05) is 36.8 Å². The summed E-state index contributed by atoms with van der Waals surface area (Å²) in [5.41, 5.74) is 1.22. The summed E-state index contributed by atoms with van der Waals surface area (Å²) >= 11 is 7.57. The van der Waals surface area contributed by atoms with Gasteiger partial charge in [-0.2, -0.15) is 4.31 Å². The molecule has 4 rings (SSSR count). The highest BCUT2D eigenvalue weighted by Gasteiger charge is 2.28. The van der Waals surface area contributed by atoms with Crippen LogP contribution in [0.15, 0.2) is 47.4 Å². The second kappa shape index (κ2) is 10.7. The number of sulfonamides is 1. The largest absolute Gasteiger partial charge is 0.302 e. The molecule has 7 nitrogen and oxygen atoms in total. The number of aromatic nitrogens is 1. The van der Waals surface area contributed by atoms with Crippen molar-refractivity contribution in [2.24, 2.45) is 0 Å². The minimum Gasteiger partial charge on any atom is -0.302 e. The topological polar surface area (TPSA) is 73.8 Å². The van der Waals surface area contributed by atoms with Gasteiger partial charge in [-0.1, -0.05) is 36.8 Å². The molecule has 0 unspecified atom stereocenters. The SMILES string of the molecule is CCN(CC)CCN(C(=O)c1ccc(S(=O)(=O)N2CCCC2)cc1)c1nc2ccc(Cl)cc2s1. The number of hydrogen-bond donors (Lipinski definition) is 0. The Morgan fingerprint density at radius 2 is 1.74 bits per heavy atom. The minimum absolute atomic E-state index is 0.206. The summed E-state index contributed by atoms with van der Waals surface area (Å²) in [4.78, 5) is 22.4. The molecule has 1 fully saturated rings. The lowest BCUT2D eigenvalue weighted by Gasteiger charge is -2.25. The van der Waals surface area contributed by atoms with Crippen molar-refractivity contribution in [1.29, 1.82) is 0 Å². The van der Waals surface area contributed by atoms with Gasteiger partial charge in [0.25, 0.3) is 5.91 Å². The van der Waals surface area contributed by atoms with E-state index in [0.717, 1.165) is 36.1 Å². The lowest BCUT2D eigenvalue weighted by Crippen LogP contribution is -2.38. The molecular formula is C24H29ClN4O3S2. The Kier molecular flexibility index (Phi) is 7.89. The van der Waals surface area contributed by atoms with Gasteiger partial charge in [0.1, 0.15) is 0 Å². The van der Waals surface area contributed by atoms with Crippen LogP contribution in [0.2, 0.25) is 5.02 Å². The molecule has 34 heavy (non-hydrogen) atoms. The van der Waals surface area contributed by atoms with Gasteiger partial charge in [0.2, 0.25) is 10.0 Å². The van der Waals surface area contributed by atoms with E-state index in [2.05, 4.69) is 23.7 Å². The first-order valence-corrected chi connectivity index (χ1v) is 14.2. The number of fused-ring (bicyclic) bond motifs is 1. The lowest BCUT2D eigenvalue weighted by atomic mass is 10.2. The molecule has 3 aromatic rings. The highest BCUT2D eigenvalue weighted by atomic mass is 35.5. The van der Waals surface area contributed by atoms with Crippen LogP contribution >= 0.6 is 22.9 Å². The van der Waals surface area contributed by atoms with Crippen LogP contribution in [-0.4, -0.2) is 67.8 Å². The van der Waals surface area contributed by atoms with Gasteiger partial charge in [-0.25, -0.2) is 13.4 Å². The monoisotopic (exact) mass is 520 g/mol. The van der Waals surface area contributed by atoms with Crippen LogP contribution in [0.25, 0.3) is 10.2 Å². The van der Waals surface area contributed by atoms with Crippen molar-refractivity contribution < 1.29 is 13.2 Å². The van der Waals surface area contributed by atoms with E-state index in [-0.39, 0.29) is 10.8 Å². The number of halogens is 1. The third-order valence-electron chi connectivity index (χ3n) is 6.15. The van der Waals surface area contributed by atoms with Crippen molar-refractivity contribution in [1.82, 2.24) is 14.2 Å². The van der Waals surface area contributed by atoms with Gasteiger partial charge < -0.3 is 4.90 Å². The van der Waals surface area contributed by atoms with Gasteiger partial charge in [0.15, 0.2) is 5.13 Å². The minimum atomic E-state index is -3.52. The van der Waals surface area contributed by atoms with E-state index in [1.54, 1.807) is 23.1 Å². The fraction of sp³-hybridized carbons (Fsp3) is 0.417. The summed E-state index contributed by atoms with van der Waals surface area (Å²) in [6.07, 6.45) is 1.76. The zero-order chi connectivity index (χ0) is 24.3. The van der Waals surface area contributed by atoms with E-state index in [0.29, 0.717) is 41.9 Å². The van der Waals surface area contributed by atoms with Gasteiger partial charge in [-0.15, -0.1) is 0 Å². The van der Waals surface area contributed by atoms with Crippen molar-refractivity contribution in [3.63, 3.8) is 0 Å². The Hall–Kier alpha value is -2.04. The molecule has 0 spiro atoms. The van der Waals surface area contributed by atoms with Gasteiger partial charge in [-0.05, 0) is 68.4 Å². The van der Waals surface area contributed by atoms with E-state index in [1.807, 2.05) is 12.1 Å². The first kappa shape index (κ1) is 25.1. The normalized spacial score (nSPS) is 14.8. The summed E-state index contributed by atoms with van der Waals surface area (Å²) in [5.74, 6) is -0.206. The molecule has 0 atom stereocenters. The Morgan fingerprint density at radius 3 is 2.38 bits per heavy atom. The summed E-state index contributed by atoms with van der Waals surface area (Å²) in [6, 6.07) is 11.7. The van der Waals surface area contributed by atoms with Crippen LogP contribution in [0.5, 0.6) is 0 Å². The number of likely N-dealkylation sites (N-methyl/N-ethyl adjacent to an activating group) is 1. The maximum atomic E-state index is 13.6. The molecule has 0 bridgehead atoms. The summed E-state index contributed by atoms with van der Waals surface area (Å²) in [6.45, 7) is 8.23. The number of carbonyl (C=O) groups is 1. The molecule has 0 aliphatic carbocycles. The number of nitrogens with zero attached hydrogens (tertiary/aromatic N) is 4. The zero-order valence-electron chi connectivity index (χ0n) is 19.4. The van der Waals surface area contributed by atoms with Crippen molar-refractivity contribution in [2.75, 3.05) is 44.2 Å². The molecule has 1 aliphatic rings. The first-order chi connectivity index (χ1) is 16.3. The zero-order valence-corrected chi connectivity index (χ0v) is 21.8. The molecule has 0 saturated carbocycles. The number of rotatable bonds is 9. The average molecular weight is 521 g/mol. The van der Waals surface area contributed by atoms with Gasteiger partial charge in [0.05, 0.1) is 15.1 Å². The Labute approximate surface area is 210 Å². The lowest BCUT2D eigenvalue weighted by molar-refractivity contribution is 0.0983. The highest BCUT2D eigenvalue weighted by Crippen LogP contribution is 2.32. The van der Waals surface area contributed by atoms with Crippen LogP contribution in [0.4, 0.5) is 5.13 Å². The standard InChI is InChI=1S/C24H29ClN4O3S2/c1-3-27(4-2)15-16-29(24-26-21-12-9-19(25)17-22(21)33-24)23(30)18-7-10-20(11-8-18)34(31,32)28-13-5-6-14-28/h7-12,17H,3-6,13-16H2,1-2H3. The quantitative estimate of drug-likeness (QED) is 0.408. The van der Waals surface area contributed by atoms with Crippen LogP contribution in [-0.2, 0) is 10.0 Å². The third-order valence-corrected chi connectivity index (χ3v) is 9.34. The second-order valence-corrected chi connectivity index (χ2v) is 11.6. The van der Waals surface area contributed by atoms with Crippen molar-refractivity contribution in [3.05, 3.63) is 53.1 Å². The van der Waals surface area contributed by atoms with Crippen molar-refractivity contribution in [2.45, 2.75) is 31.6 Å². The highest BCUT2D eigenvalue weighted by molar-refractivity contribution is 7.89. The molecule has 2 heterocycles. The van der Waals surface area contributed by atoms with Crippen molar-refractivity contribution >= 4 is 54.2 Å². The van der Waals surface area contributed by atoms with Crippen LogP contribution < -0.4 is 4.90 Å². The van der Waals surface area contributed by atoms with E-state index >= 15 is 0 Å². The fourth-order valence-electron chi connectivity index (χ4n) is 4.07. The summed E-state index contributed by atoms with van der Waals surface area (Å²) < 4.78 is 28.1. The molecular weight excluding hydrogens is 492 g/mol. The van der Waals surface area contributed by atoms with E-state index in [4.69, 9.17) is 11.6 Å².